The first kappa shape index (κ1) is 9.32. The van der Waals surface area contributed by atoms with E-state index in [0.29, 0.717) is 0 Å². The number of carbonyl (C=O) groups is 1. The van der Waals surface area contributed by atoms with Crippen molar-refractivity contribution in [3.63, 3.8) is 0 Å². The topological polar surface area (TPSA) is 58.4 Å². The van der Waals surface area contributed by atoms with Gasteiger partial charge in [0.05, 0.1) is 6.17 Å². The molecule has 12 heavy (non-hydrogen) atoms. The molecular weight excluding hydrogens is 154 g/mol. The van der Waals surface area contributed by atoms with E-state index in [1.165, 1.54) is 6.42 Å². The molecule has 70 valence electrons. The molecule has 1 aliphatic heterocycles. The molecule has 0 aromatic rings. The smallest absolute Gasteiger partial charge is 0.318 e. The van der Waals surface area contributed by atoms with Gasteiger partial charge in [-0.2, -0.15) is 0 Å². The molecule has 0 saturated carbocycles. The molecule has 0 aromatic carbocycles. The second kappa shape index (κ2) is 4.30. The molecule has 0 radical (unpaired) electrons. The first-order chi connectivity index (χ1) is 5.70. The summed E-state index contributed by atoms with van der Waals surface area (Å²) in [6, 6.07) is -0.0234. The zero-order valence-electron chi connectivity index (χ0n) is 7.55. The molecule has 4 nitrogen and oxygen atoms in total. The van der Waals surface area contributed by atoms with Crippen molar-refractivity contribution in [3.8, 4) is 0 Å². The highest BCUT2D eigenvalue weighted by molar-refractivity contribution is 5.74. The Labute approximate surface area is 73.1 Å². The number of nitrogens with zero attached hydrogens (tertiary/aromatic N) is 1. The molecule has 1 atom stereocenters. The number of nitrogens with one attached hydrogen (secondary N) is 1. The normalized spacial score (nSPS) is 20.3. The molecule has 1 heterocycles. The van der Waals surface area contributed by atoms with Crippen LogP contribution in [0.3, 0.4) is 0 Å². The van der Waals surface area contributed by atoms with Crippen LogP contribution in [0.2, 0.25) is 0 Å². The average molecular weight is 171 g/mol. The largest absolute Gasteiger partial charge is 0.325 e. The summed E-state index contributed by atoms with van der Waals surface area (Å²) in [7, 11) is 0. The number of carbonyl (C=O) groups excluding carboxylic acids is 1. The standard InChI is InChI=1S/C8H17N3O/c1-7(9)10-8(12)11-5-3-2-4-6-11/h7H,2-6,9H2,1H3,(H,10,12). The zero-order valence-corrected chi connectivity index (χ0v) is 7.55. The summed E-state index contributed by atoms with van der Waals surface area (Å²) in [5.41, 5.74) is 5.44. The lowest BCUT2D eigenvalue weighted by Gasteiger charge is -2.27. The molecule has 0 aromatic heterocycles. The summed E-state index contributed by atoms with van der Waals surface area (Å²) >= 11 is 0. The SMILES string of the molecule is CC(N)NC(=O)N1CCCCC1. The van der Waals surface area contributed by atoms with Gasteiger partial charge in [0.25, 0.3) is 0 Å². The predicted molar refractivity (Wildman–Crippen MR) is 47.6 cm³/mol. The van der Waals surface area contributed by atoms with Crippen molar-refractivity contribution in [2.45, 2.75) is 32.4 Å². The Kier molecular flexibility index (Phi) is 3.34. The van der Waals surface area contributed by atoms with Crippen molar-refractivity contribution in [2.75, 3.05) is 13.1 Å². The number of urea groups is 1. The number of rotatable bonds is 1. The van der Waals surface area contributed by atoms with Crippen molar-refractivity contribution in [1.82, 2.24) is 10.2 Å². The highest BCUT2D eigenvalue weighted by Gasteiger charge is 2.16. The molecule has 4 heteroatoms. The number of likely N-dealkylation sites (tertiary alicyclic amines) is 1. The van der Waals surface area contributed by atoms with Crippen molar-refractivity contribution in [2.24, 2.45) is 5.73 Å². The predicted octanol–water partition coefficient (Wildman–Crippen LogP) is 0.487. The van der Waals surface area contributed by atoms with E-state index in [9.17, 15) is 4.79 Å². The fourth-order valence-electron chi connectivity index (χ4n) is 1.38. The van der Waals surface area contributed by atoms with Crippen LogP contribution in [-0.2, 0) is 0 Å². The minimum absolute atomic E-state index is 0.0234. The lowest BCUT2D eigenvalue weighted by molar-refractivity contribution is 0.183. The lowest BCUT2D eigenvalue weighted by atomic mass is 10.1. The van der Waals surface area contributed by atoms with E-state index in [0.717, 1.165) is 25.9 Å². The van der Waals surface area contributed by atoms with Gasteiger partial charge in [-0.3, -0.25) is 0 Å². The fraction of sp³-hybridized carbons (Fsp3) is 0.875. The Morgan fingerprint density at radius 2 is 2.00 bits per heavy atom. The van der Waals surface area contributed by atoms with Crippen LogP contribution in [0.4, 0.5) is 4.79 Å². The summed E-state index contributed by atoms with van der Waals surface area (Å²) in [6.07, 6.45) is 3.22. The maximum absolute atomic E-state index is 11.3. The van der Waals surface area contributed by atoms with E-state index >= 15 is 0 Å². The highest BCUT2D eigenvalue weighted by Crippen LogP contribution is 2.08. The van der Waals surface area contributed by atoms with Crippen LogP contribution in [-0.4, -0.2) is 30.2 Å². The van der Waals surface area contributed by atoms with Gasteiger partial charge in [-0.15, -0.1) is 0 Å². The van der Waals surface area contributed by atoms with Gasteiger partial charge in [-0.05, 0) is 26.2 Å². The maximum Gasteiger partial charge on any atom is 0.318 e. The number of amides is 2. The van der Waals surface area contributed by atoms with Gasteiger partial charge in [-0.25, -0.2) is 4.79 Å². The minimum Gasteiger partial charge on any atom is -0.325 e. The Hall–Kier alpha value is -0.770. The summed E-state index contributed by atoms with van der Waals surface area (Å²) in [5.74, 6) is 0. The molecule has 2 amide bonds. The molecule has 0 bridgehead atoms. The fourth-order valence-corrected chi connectivity index (χ4v) is 1.38. The lowest BCUT2D eigenvalue weighted by Crippen LogP contribution is -2.48. The van der Waals surface area contributed by atoms with Gasteiger partial charge in [-0.1, -0.05) is 0 Å². The summed E-state index contributed by atoms with van der Waals surface area (Å²) in [4.78, 5) is 13.2. The monoisotopic (exact) mass is 171 g/mol. The Bertz CT molecular complexity index is 152. The van der Waals surface area contributed by atoms with Crippen LogP contribution >= 0.6 is 0 Å². The molecule has 1 saturated heterocycles. The van der Waals surface area contributed by atoms with Crippen LogP contribution in [0.1, 0.15) is 26.2 Å². The first-order valence-electron chi connectivity index (χ1n) is 4.51. The molecule has 1 fully saturated rings. The summed E-state index contributed by atoms with van der Waals surface area (Å²) < 4.78 is 0. The van der Waals surface area contributed by atoms with Crippen molar-refractivity contribution >= 4 is 6.03 Å². The van der Waals surface area contributed by atoms with E-state index in [1.54, 1.807) is 6.92 Å². The molecular formula is C8H17N3O. The first-order valence-corrected chi connectivity index (χ1v) is 4.51. The van der Waals surface area contributed by atoms with Crippen LogP contribution in [0, 0.1) is 0 Å². The van der Waals surface area contributed by atoms with Gasteiger partial charge in [0.15, 0.2) is 0 Å². The number of nitrogens with two attached hydrogens (primary N) is 1. The number of piperidine rings is 1. The minimum atomic E-state index is -0.251. The summed E-state index contributed by atoms with van der Waals surface area (Å²) in [6.45, 7) is 3.51. The molecule has 1 rings (SSSR count). The van der Waals surface area contributed by atoms with E-state index in [-0.39, 0.29) is 12.2 Å². The van der Waals surface area contributed by atoms with Crippen molar-refractivity contribution < 1.29 is 4.79 Å². The average Bonchev–Trinajstić information content (AvgIpc) is 2.05. The third-order valence-corrected chi connectivity index (χ3v) is 1.99. The van der Waals surface area contributed by atoms with Gasteiger partial charge < -0.3 is 16.0 Å². The number of hydrogen-bond acceptors (Lipinski definition) is 2. The third-order valence-electron chi connectivity index (χ3n) is 1.99. The quantitative estimate of drug-likeness (QED) is 0.564. The van der Waals surface area contributed by atoms with Crippen molar-refractivity contribution in [1.29, 1.82) is 0 Å². The Morgan fingerprint density at radius 3 is 2.50 bits per heavy atom. The van der Waals surface area contributed by atoms with E-state index < -0.39 is 0 Å². The highest BCUT2D eigenvalue weighted by atomic mass is 16.2. The third kappa shape index (κ3) is 2.70. The van der Waals surface area contributed by atoms with Crippen LogP contribution in [0.5, 0.6) is 0 Å². The Balaban J connectivity index is 2.30. The van der Waals surface area contributed by atoms with Gasteiger partial charge in [0.2, 0.25) is 0 Å². The van der Waals surface area contributed by atoms with Gasteiger partial charge >= 0.3 is 6.03 Å². The van der Waals surface area contributed by atoms with Gasteiger partial charge in [0.1, 0.15) is 0 Å². The second-order valence-corrected chi connectivity index (χ2v) is 3.29. The maximum atomic E-state index is 11.3. The van der Waals surface area contributed by atoms with E-state index in [2.05, 4.69) is 5.32 Å². The Morgan fingerprint density at radius 1 is 1.42 bits per heavy atom. The molecule has 1 unspecified atom stereocenters. The second-order valence-electron chi connectivity index (χ2n) is 3.29. The van der Waals surface area contributed by atoms with Crippen LogP contribution in [0.15, 0.2) is 0 Å². The molecule has 3 N–H and O–H groups in total. The van der Waals surface area contributed by atoms with E-state index in [4.69, 9.17) is 5.73 Å². The summed E-state index contributed by atoms with van der Waals surface area (Å²) in [5, 5.41) is 2.68. The van der Waals surface area contributed by atoms with Gasteiger partial charge in [0, 0.05) is 13.1 Å². The zero-order chi connectivity index (χ0) is 8.97. The molecule has 1 aliphatic rings. The number of hydrogen-bond donors (Lipinski definition) is 2. The molecule has 0 aliphatic carbocycles. The van der Waals surface area contributed by atoms with Crippen LogP contribution < -0.4 is 11.1 Å². The van der Waals surface area contributed by atoms with Crippen LogP contribution in [0.25, 0.3) is 0 Å². The van der Waals surface area contributed by atoms with Crippen molar-refractivity contribution in [3.05, 3.63) is 0 Å². The van der Waals surface area contributed by atoms with E-state index in [1.807, 2.05) is 4.90 Å². The molecule has 0 spiro atoms.